The van der Waals surface area contributed by atoms with E-state index in [1.165, 1.54) is 0 Å². The van der Waals surface area contributed by atoms with Gasteiger partial charge in [-0.1, -0.05) is 69.9 Å². The molecule has 0 unspecified atom stereocenters. The molecule has 5 aromatic heterocycles. The third-order valence-electron chi connectivity index (χ3n) is 9.66. The Morgan fingerprint density at radius 1 is 0.625 bits per heavy atom. The van der Waals surface area contributed by atoms with Crippen molar-refractivity contribution in [2.45, 2.75) is 78.4 Å². The lowest BCUT2D eigenvalue weighted by atomic mass is 10.0. The van der Waals surface area contributed by atoms with Crippen LogP contribution < -0.4 is 9.47 Å². The first kappa shape index (κ1) is 45.1. The number of aromatic nitrogens is 7. The summed E-state index contributed by atoms with van der Waals surface area (Å²) >= 11 is 12.6. The quantitative estimate of drug-likeness (QED) is 0.0924. The van der Waals surface area contributed by atoms with Crippen molar-refractivity contribution in [3.8, 4) is 57.3 Å². The molecule has 0 saturated heterocycles. The Morgan fingerprint density at radius 3 is 1.62 bits per heavy atom. The maximum atomic E-state index is 10.8. The molecule has 0 saturated carbocycles. The molecule has 0 aliphatic carbocycles. The summed E-state index contributed by atoms with van der Waals surface area (Å²) in [5, 5.41) is 30.7. The second-order valence-corrected chi connectivity index (χ2v) is 16.0. The molecule has 328 valence electrons. The molecule has 0 fully saturated rings. The number of hydrogen-bond donors (Lipinski definition) is 2. The minimum absolute atomic E-state index is 0.0169. The number of carbonyl (C=O) groups is 2. The molecule has 0 aliphatic heterocycles. The van der Waals surface area contributed by atoms with Crippen LogP contribution in [0.25, 0.3) is 67.2 Å². The van der Waals surface area contributed by atoms with E-state index in [4.69, 9.17) is 51.9 Å². The van der Waals surface area contributed by atoms with E-state index in [0.717, 1.165) is 44.1 Å². The molecule has 3 aromatic carbocycles. The normalized spacial score (nSPS) is 11.2. The zero-order valence-corrected chi connectivity index (χ0v) is 36.8. The second-order valence-electron chi connectivity index (χ2n) is 15.1. The summed E-state index contributed by atoms with van der Waals surface area (Å²) in [5.74, 6) is 0.838. The Labute approximate surface area is 377 Å². The number of carboxylic acid groups (broad SMARTS) is 2. The largest absolute Gasteiger partial charge is 0.489 e. The molecule has 64 heavy (non-hydrogen) atoms. The molecular formula is C47H43Cl2N7O8. The number of pyridine rings is 3. The lowest BCUT2D eigenvalue weighted by molar-refractivity contribution is -0.138. The first-order valence-corrected chi connectivity index (χ1v) is 21.2. The first-order chi connectivity index (χ1) is 30.8. The van der Waals surface area contributed by atoms with Crippen LogP contribution in [0.15, 0.2) is 100 Å². The fourth-order valence-electron chi connectivity index (χ4n) is 6.87. The molecular weight excluding hydrogens is 861 g/mol. The number of aryl methyl sites for hydroxylation is 2. The third-order valence-corrected chi connectivity index (χ3v) is 10.2. The number of benzene rings is 3. The standard InChI is InChI=1S/C24H22ClN3O4.C23H21ClN4O4/c1-14(2)31-21-10-9-15(13-19(21)25)24-27-23(28-32-24)18-6-3-5-17-16(18)11-12-26-20(17)7-4-8-22(29)30;1-13(2)31-23-18(24)11-14(12-26-23)22-27-21(28-32-22)17-6-3-5-16-15(17)9-10-25-19(16)7-4-8-20(29)30/h3,5-6,9-14H,4,7-8H2,1-2H3,(H,29,30);3,5-6,9-13H,4,7-8H2,1-2H3,(H,29,30). The Balaban J connectivity index is 0.000000191. The van der Waals surface area contributed by atoms with E-state index in [2.05, 4.69) is 35.2 Å². The number of aliphatic carboxylic acids is 2. The van der Waals surface area contributed by atoms with Gasteiger partial charge in [0.25, 0.3) is 11.8 Å². The van der Waals surface area contributed by atoms with Gasteiger partial charge >= 0.3 is 11.9 Å². The average Bonchev–Trinajstić information content (AvgIpc) is 3.96. The zero-order chi connectivity index (χ0) is 45.3. The highest BCUT2D eigenvalue weighted by Crippen LogP contribution is 2.35. The lowest BCUT2D eigenvalue weighted by Crippen LogP contribution is -2.07. The number of fused-ring (bicyclic) bond motifs is 2. The summed E-state index contributed by atoms with van der Waals surface area (Å²) < 4.78 is 22.2. The van der Waals surface area contributed by atoms with Crippen molar-refractivity contribution in [3.05, 3.63) is 113 Å². The van der Waals surface area contributed by atoms with Crippen molar-refractivity contribution >= 4 is 56.7 Å². The molecule has 5 heterocycles. The van der Waals surface area contributed by atoms with Crippen LogP contribution in [0.5, 0.6) is 11.6 Å². The van der Waals surface area contributed by atoms with Crippen LogP contribution in [0.3, 0.4) is 0 Å². The Bertz CT molecular complexity index is 2740. The molecule has 8 aromatic rings. The van der Waals surface area contributed by atoms with Gasteiger partial charge < -0.3 is 28.7 Å². The molecule has 0 spiro atoms. The summed E-state index contributed by atoms with van der Waals surface area (Å²) in [6.07, 6.45) is 7.37. The smallest absolute Gasteiger partial charge is 0.303 e. The Hall–Kier alpha value is -6.97. The monoisotopic (exact) mass is 903 g/mol. The van der Waals surface area contributed by atoms with Crippen molar-refractivity contribution in [1.82, 2.24) is 35.2 Å². The fourth-order valence-corrected chi connectivity index (χ4v) is 7.31. The van der Waals surface area contributed by atoms with Gasteiger partial charge in [0.2, 0.25) is 17.5 Å². The highest BCUT2D eigenvalue weighted by Gasteiger charge is 2.19. The van der Waals surface area contributed by atoms with Crippen molar-refractivity contribution < 1.29 is 38.3 Å². The van der Waals surface area contributed by atoms with Gasteiger partial charge in [0.15, 0.2) is 0 Å². The van der Waals surface area contributed by atoms with Gasteiger partial charge in [0.1, 0.15) is 10.8 Å². The highest BCUT2D eigenvalue weighted by atomic mass is 35.5. The van der Waals surface area contributed by atoms with Crippen LogP contribution in [0.2, 0.25) is 10.0 Å². The summed E-state index contributed by atoms with van der Waals surface area (Å²) in [6.45, 7) is 7.67. The molecule has 17 heteroatoms. The maximum absolute atomic E-state index is 10.8. The number of ether oxygens (including phenoxy) is 2. The number of nitrogens with zero attached hydrogens (tertiary/aromatic N) is 7. The van der Waals surface area contributed by atoms with Gasteiger partial charge in [0.05, 0.1) is 22.8 Å². The van der Waals surface area contributed by atoms with Crippen LogP contribution in [-0.2, 0) is 22.4 Å². The van der Waals surface area contributed by atoms with Gasteiger partial charge in [-0.3, -0.25) is 19.6 Å². The van der Waals surface area contributed by atoms with E-state index in [1.54, 1.807) is 36.8 Å². The highest BCUT2D eigenvalue weighted by molar-refractivity contribution is 6.32. The minimum atomic E-state index is -0.816. The molecule has 0 radical (unpaired) electrons. The van der Waals surface area contributed by atoms with Crippen LogP contribution in [0.1, 0.15) is 64.8 Å². The van der Waals surface area contributed by atoms with E-state index < -0.39 is 11.9 Å². The van der Waals surface area contributed by atoms with Crippen LogP contribution in [0, 0.1) is 0 Å². The van der Waals surface area contributed by atoms with Gasteiger partial charge in [-0.15, -0.1) is 0 Å². The molecule has 15 nitrogen and oxygen atoms in total. The predicted molar refractivity (Wildman–Crippen MR) is 241 cm³/mol. The zero-order valence-electron chi connectivity index (χ0n) is 35.3. The second kappa shape index (κ2) is 20.5. The van der Waals surface area contributed by atoms with Crippen molar-refractivity contribution in [2.24, 2.45) is 0 Å². The topological polar surface area (TPSA) is 210 Å². The molecule has 0 amide bonds. The van der Waals surface area contributed by atoms with Crippen molar-refractivity contribution in [2.75, 3.05) is 0 Å². The lowest BCUT2D eigenvalue weighted by Gasteiger charge is -2.11. The van der Waals surface area contributed by atoms with Crippen molar-refractivity contribution in [1.29, 1.82) is 0 Å². The minimum Gasteiger partial charge on any atom is -0.489 e. The van der Waals surface area contributed by atoms with Gasteiger partial charge in [-0.2, -0.15) is 9.97 Å². The molecule has 0 aliphatic rings. The summed E-state index contributed by atoms with van der Waals surface area (Å²) in [5.41, 5.74) is 4.57. The number of hydrogen-bond acceptors (Lipinski definition) is 13. The van der Waals surface area contributed by atoms with E-state index in [0.29, 0.717) is 81.9 Å². The van der Waals surface area contributed by atoms with Crippen molar-refractivity contribution in [3.63, 3.8) is 0 Å². The summed E-state index contributed by atoms with van der Waals surface area (Å²) in [7, 11) is 0. The van der Waals surface area contributed by atoms with Gasteiger partial charge in [-0.05, 0) is 101 Å². The summed E-state index contributed by atoms with van der Waals surface area (Å²) in [4.78, 5) is 43.9. The average molecular weight is 905 g/mol. The van der Waals surface area contributed by atoms with Crippen LogP contribution in [0.4, 0.5) is 0 Å². The SMILES string of the molecule is CC(C)Oc1ccc(-c2nc(-c3cccc4c(CCCC(=O)O)nccc34)no2)cc1Cl.CC(C)Oc1ncc(-c2nc(-c3cccc4c(CCCC(=O)O)nccc34)no2)cc1Cl. The van der Waals surface area contributed by atoms with Crippen LogP contribution in [-0.4, -0.2) is 69.6 Å². The number of rotatable bonds is 16. The molecule has 0 bridgehead atoms. The Kier molecular flexibility index (Phi) is 14.4. The number of carboxylic acids is 2. The van der Waals surface area contributed by atoms with E-state index >= 15 is 0 Å². The number of halogens is 2. The summed E-state index contributed by atoms with van der Waals surface area (Å²) in [6, 6.07) is 22.4. The van der Waals surface area contributed by atoms with E-state index in [9.17, 15) is 9.59 Å². The molecule has 2 N–H and O–H groups in total. The maximum Gasteiger partial charge on any atom is 0.303 e. The van der Waals surface area contributed by atoms with Gasteiger partial charge in [-0.25, -0.2) is 4.98 Å². The molecule has 0 atom stereocenters. The van der Waals surface area contributed by atoms with E-state index in [-0.39, 0.29) is 25.0 Å². The fraction of sp³-hybridized carbons (Fsp3) is 0.255. The van der Waals surface area contributed by atoms with E-state index in [1.807, 2.05) is 82.3 Å². The predicted octanol–water partition coefficient (Wildman–Crippen LogP) is 11.0. The molecule has 8 rings (SSSR count). The van der Waals surface area contributed by atoms with Crippen LogP contribution >= 0.6 is 23.2 Å². The Morgan fingerprint density at radius 2 is 1.14 bits per heavy atom. The first-order valence-electron chi connectivity index (χ1n) is 20.5. The third kappa shape index (κ3) is 11.0. The van der Waals surface area contributed by atoms with Gasteiger partial charge in [0, 0.05) is 70.3 Å².